The summed E-state index contributed by atoms with van der Waals surface area (Å²) in [5.41, 5.74) is 12.7. The molecular weight excluding hydrogens is 637 g/mol. The second kappa shape index (κ2) is 21.2. The van der Waals surface area contributed by atoms with Crippen LogP contribution >= 0.6 is 0 Å². The van der Waals surface area contributed by atoms with Crippen molar-refractivity contribution in [3.05, 3.63) is 140 Å². The van der Waals surface area contributed by atoms with E-state index < -0.39 is 13.5 Å². The fourth-order valence-electron chi connectivity index (χ4n) is 3.58. The lowest BCUT2D eigenvalue weighted by molar-refractivity contribution is 0.0543. The van der Waals surface area contributed by atoms with Crippen LogP contribution in [-0.2, 0) is 14.0 Å². The number of H-pyrrole nitrogens is 1. The second-order valence-corrected chi connectivity index (χ2v) is 12.0. The van der Waals surface area contributed by atoms with Crippen LogP contribution in [0.3, 0.4) is 0 Å². The zero-order valence-electron chi connectivity index (χ0n) is 34.7. The quantitative estimate of drug-likeness (QED) is 0.186. The maximum atomic E-state index is 12.3. The van der Waals surface area contributed by atoms with Crippen molar-refractivity contribution in [3.63, 3.8) is 0 Å². The fraction of sp³-hybridized carbons (Fsp3) is 0.385. The number of rotatable bonds is 1. The van der Waals surface area contributed by atoms with Gasteiger partial charge in [-0.2, -0.15) is 29.2 Å². The molecule has 0 saturated heterocycles. The van der Waals surface area contributed by atoms with Crippen molar-refractivity contribution in [1.82, 2.24) is 39.5 Å². The van der Waals surface area contributed by atoms with E-state index in [4.69, 9.17) is 4.11 Å². The third-order valence-electron chi connectivity index (χ3n) is 8.19. The summed E-state index contributed by atoms with van der Waals surface area (Å²) in [6, 6.07) is 13.2. The maximum absolute atomic E-state index is 12.3. The van der Waals surface area contributed by atoms with Gasteiger partial charge in [0.25, 0.3) is 0 Å². The Morgan fingerprint density at radius 1 is 0.580 bits per heavy atom. The van der Waals surface area contributed by atoms with E-state index in [0.717, 1.165) is 32.6 Å². The van der Waals surface area contributed by atoms with Gasteiger partial charge in [-0.3, -0.25) is 14.5 Å². The summed E-state index contributed by atoms with van der Waals surface area (Å²) in [5.74, 6) is -0.155. The van der Waals surface area contributed by atoms with Gasteiger partial charge in [0.15, 0.2) is 0 Å². The predicted molar refractivity (Wildman–Crippen MR) is 198 cm³/mol. The maximum Gasteiger partial charge on any atom is 0.333 e. The summed E-state index contributed by atoms with van der Waals surface area (Å²) < 4.78 is 61.0. The van der Waals surface area contributed by atoms with Gasteiger partial charge in [0.2, 0.25) is 0 Å². The molecule has 11 heteroatoms. The zero-order valence-corrected chi connectivity index (χ0v) is 31.7. The van der Waals surface area contributed by atoms with Crippen LogP contribution in [-0.4, -0.2) is 39.5 Å². The van der Waals surface area contributed by atoms with E-state index >= 15 is 0 Å². The molecule has 0 saturated carbocycles. The Labute approximate surface area is 300 Å². The van der Waals surface area contributed by atoms with Gasteiger partial charge in [0, 0.05) is 40.9 Å². The Balaban J connectivity index is 0.000000320. The highest BCUT2D eigenvalue weighted by molar-refractivity contribution is 5.25. The predicted octanol–water partition coefficient (Wildman–Crippen LogP) is 9.74. The second-order valence-electron chi connectivity index (χ2n) is 12.0. The summed E-state index contributed by atoms with van der Waals surface area (Å²) in [5, 5.41) is 17.9. The SMILES string of the molecule is Cc1ccc(F)cc1C.Cc1ccccc1C.Cc1cn[nH]c1C.Cc1cnn(C(F)F)c1C.Cc1cnn(C)c1C.[2H]C([2H])([2H])n1ncc(C)c1C. The van der Waals surface area contributed by atoms with Crippen LogP contribution in [0.15, 0.2) is 67.3 Å². The molecule has 0 aliphatic heterocycles. The van der Waals surface area contributed by atoms with Gasteiger partial charge in [0.05, 0.1) is 24.8 Å². The molecule has 0 fully saturated rings. The first-order valence-electron chi connectivity index (χ1n) is 17.6. The molecule has 2 aromatic carbocycles. The molecular formula is C39H55F3N8. The number of hydrogen-bond donors (Lipinski definition) is 1. The Morgan fingerprint density at radius 2 is 1.06 bits per heavy atom. The largest absolute Gasteiger partial charge is 0.333 e. The molecule has 272 valence electrons. The van der Waals surface area contributed by atoms with Gasteiger partial charge in [-0.15, -0.1) is 0 Å². The first-order chi connectivity index (χ1) is 24.6. The Bertz CT molecular complexity index is 1910. The summed E-state index contributed by atoms with van der Waals surface area (Å²) in [4.78, 5) is 0. The molecule has 0 amide bonds. The molecule has 6 aromatic rings. The monoisotopic (exact) mass is 695 g/mol. The molecule has 4 aromatic heterocycles. The minimum Gasteiger partial charge on any atom is -0.283 e. The number of hydrogen-bond acceptors (Lipinski definition) is 4. The van der Waals surface area contributed by atoms with Crippen molar-refractivity contribution in [2.24, 2.45) is 14.0 Å². The first-order valence-corrected chi connectivity index (χ1v) is 16.1. The number of aryl methyl sites for hydroxylation is 11. The van der Waals surface area contributed by atoms with Gasteiger partial charge in [-0.1, -0.05) is 30.3 Å². The summed E-state index contributed by atoms with van der Waals surface area (Å²) in [7, 11) is 1.95. The molecule has 0 atom stereocenters. The minimum absolute atomic E-state index is 0.155. The van der Waals surface area contributed by atoms with Crippen molar-refractivity contribution < 1.29 is 17.3 Å². The molecule has 6 rings (SSSR count). The van der Waals surface area contributed by atoms with Crippen molar-refractivity contribution >= 4 is 0 Å². The topological polar surface area (TPSA) is 82.1 Å². The van der Waals surface area contributed by atoms with E-state index in [-0.39, 0.29) is 5.82 Å². The van der Waals surface area contributed by atoms with Crippen LogP contribution in [0, 0.1) is 88.9 Å². The van der Waals surface area contributed by atoms with E-state index in [0.29, 0.717) is 16.1 Å². The average molecular weight is 696 g/mol. The normalized spacial score (nSPS) is 11.0. The van der Waals surface area contributed by atoms with Crippen molar-refractivity contribution in [2.75, 3.05) is 0 Å². The molecule has 0 radical (unpaired) electrons. The third-order valence-corrected chi connectivity index (χ3v) is 8.19. The number of alkyl halides is 2. The number of benzene rings is 2. The first kappa shape index (κ1) is 37.9. The van der Waals surface area contributed by atoms with Crippen molar-refractivity contribution in [1.29, 1.82) is 0 Å². The van der Waals surface area contributed by atoms with E-state index in [1.165, 1.54) is 46.3 Å². The molecule has 50 heavy (non-hydrogen) atoms. The van der Waals surface area contributed by atoms with Crippen molar-refractivity contribution in [2.45, 2.75) is 89.6 Å². The number of nitrogens with one attached hydrogen (secondary N) is 1. The van der Waals surface area contributed by atoms with E-state index in [1.54, 1.807) is 33.0 Å². The highest BCUT2D eigenvalue weighted by atomic mass is 19.3. The lowest BCUT2D eigenvalue weighted by Gasteiger charge is -2.00. The van der Waals surface area contributed by atoms with Gasteiger partial charge in [-0.25, -0.2) is 9.07 Å². The third kappa shape index (κ3) is 14.7. The van der Waals surface area contributed by atoms with E-state index in [1.807, 2.05) is 58.7 Å². The molecule has 0 spiro atoms. The van der Waals surface area contributed by atoms with E-state index in [2.05, 4.69) is 77.5 Å². The Hall–Kier alpha value is -4.93. The number of aromatic nitrogens is 8. The van der Waals surface area contributed by atoms with Crippen LogP contribution in [0.1, 0.15) is 77.9 Å². The average Bonchev–Trinajstić information content (AvgIpc) is 3.83. The van der Waals surface area contributed by atoms with Gasteiger partial charge in [0.1, 0.15) is 5.82 Å². The van der Waals surface area contributed by atoms with Crippen LogP contribution in [0.4, 0.5) is 13.2 Å². The molecule has 4 heterocycles. The molecule has 8 nitrogen and oxygen atoms in total. The van der Waals surface area contributed by atoms with Gasteiger partial charge >= 0.3 is 6.55 Å². The molecule has 0 bridgehead atoms. The van der Waals surface area contributed by atoms with E-state index in [9.17, 15) is 13.2 Å². The van der Waals surface area contributed by atoms with Crippen LogP contribution in [0.5, 0.6) is 0 Å². The lowest BCUT2D eigenvalue weighted by Crippen LogP contribution is -2.01. The fourth-order valence-corrected chi connectivity index (χ4v) is 3.58. The summed E-state index contributed by atoms with van der Waals surface area (Å²) in [6.07, 6.45) is 6.67. The van der Waals surface area contributed by atoms with Crippen LogP contribution in [0.2, 0.25) is 0 Å². The molecule has 0 aliphatic rings. The molecule has 0 unspecified atom stereocenters. The van der Waals surface area contributed by atoms with Crippen molar-refractivity contribution in [3.8, 4) is 0 Å². The van der Waals surface area contributed by atoms with Gasteiger partial charge < -0.3 is 0 Å². The molecule has 1 N–H and O–H groups in total. The lowest BCUT2D eigenvalue weighted by atomic mass is 10.1. The highest BCUT2D eigenvalue weighted by Crippen LogP contribution is 2.14. The smallest absolute Gasteiger partial charge is 0.283 e. The highest BCUT2D eigenvalue weighted by Gasteiger charge is 2.10. The molecule has 0 aliphatic carbocycles. The summed E-state index contributed by atoms with van der Waals surface area (Å²) >= 11 is 0. The standard InChI is InChI=1S/C8H9F.C8H10.C6H8F2N2.2C6H10N2.C5H8N2/c1-6-3-4-8(9)5-7(6)2;1-7-5-3-4-6-8(7)2;1-4-3-9-10(5(4)2)6(7)8;2*1-5-4-7-8(3)6(5)2;1-4-3-6-7-5(4)2/h3-5H,1-2H3;3-6H,1-2H3;3,6H,1-2H3;2*4H,1-3H3;3H,1-2H3,(H,6,7)/i;;;3D3;;. The Morgan fingerprint density at radius 3 is 1.30 bits per heavy atom. The van der Waals surface area contributed by atoms with Crippen LogP contribution < -0.4 is 0 Å². The number of nitrogens with zero attached hydrogens (tertiary/aromatic N) is 7. The van der Waals surface area contributed by atoms with Crippen LogP contribution in [0.25, 0.3) is 0 Å². The zero-order chi connectivity index (χ0) is 40.6. The number of halogens is 3. The number of aromatic amines is 1. The minimum atomic E-state index is -2.52. The Kier molecular flexibility index (Phi) is 16.1. The summed E-state index contributed by atoms with van der Waals surface area (Å²) in [6.45, 7) is 18.5. The van der Waals surface area contributed by atoms with Gasteiger partial charge in [-0.05, 0) is 140 Å².